The Kier molecular flexibility index (Phi) is 6.01. The minimum absolute atomic E-state index is 0.0420. The molecule has 3 nitrogen and oxygen atoms in total. The van der Waals surface area contributed by atoms with Gasteiger partial charge in [0.05, 0.1) is 13.0 Å². The maximum Gasteiger partial charge on any atom is 0.308 e. The Balaban J connectivity index is 4.09. The molecule has 3 unspecified atom stereocenters. The fourth-order valence-electron chi connectivity index (χ4n) is 1.57. The predicted octanol–water partition coefficient (Wildman–Crippen LogP) is 2.60. The average molecular weight is 229 g/mol. The zero-order chi connectivity index (χ0) is 12.9. The third-order valence-electron chi connectivity index (χ3n) is 3.14. The van der Waals surface area contributed by atoms with Gasteiger partial charge >= 0.3 is 5.97 Å². The summed E-state index contributed by atoms with van der Waals surface area (Å²) in [4.78, 5) is 11.3. The normalized spacial score (nSPS) is 17.7. The highest BCUT2D eigenvalue weighted by atomic mass is 16.5. The van der Waals surface area contributed by atoms with Gasteiger partial charge in [-0.05, 0) is 25.7 Å². The summed E-state index contributed by atoms with van der Waals surface area (Å²) in [5, 5.41) is 3.52. The van der Waals surface area contributed by atoms with Crippen molar-refractivity contribution in [2.75, 3.05) is 7.11 Å². The molecular formula is C13H27NO2. The highest BCUT2D eigenvalue weighted by molar-refractivity contribution is 5.71. The lowest BCUT2D eigenvalue weighted by Crippen LogP contribution is -2.43. The number of rotatable bonds is 5. The molecule has 0 saturated carbocycles. The van der Waals surface area contributed by atoms with E-state index in [-0.39, 0.29) is 17.3 Å². The quantitative estimate of drug-likeness (QED) is 0.736. The Labute approximate surface area is 99.9 Å². The number of hydrogen-bond acceptors (Lipinski definition) is 3. The van der Waals surface area contributed by atoms with Gasteiger partial charge in [-0.25, -0.2) is 0 Å². The van der Waals surface area contributed by atoms with Crippen LogP contribution in [0.4, 0.5) is 0 Å². The van der Waals surface area contributed by atoms with E-state index in [1.165, 1.54) is 7.11 Å². The van der Waals surface area contributed by atoms with Crippen molar-refractivity contribution in [2.45, 2.75) is 60.0 Å². The average Bonchev–Trinajstić information content (AvgIpc) is 2.14. The highest BCUT2D eigenvalue weighted by Gasteiger charge is 2.23. The van der Waals surface area contributed by atoms with Gasteiger partial charge in [-0.2, -0.15) is 0 Å². The van der Waals surface area contributed by atoms with Crippen LogP contribution in [-0.4, -0.2) is 25.2 Å². The highest BCUT2D eigenvalue weighted by Crippen LogP contribution is 2.20. The van der Waals surface area contributed by atoms with Gasteiger partial charge in [0.15, 0.2) is 0 Å². The van der Waals surface area contributed by atoms with Gasteiger partial charge in [-0.3, -0.25) is 4.79 Å². The second-order valence-electron chi connectivity index (χ2n) is 5.82. The predicted molar refractivity (Wildman–Crippen MR) is 67.3 cm³/mol. The Morgan fingerprint density at radius 3 is 2.12 bits per heavy atom. The van der Waals surface area contributed by atoms with Crippen molar-refractivity contribution in [1.82, 2.24) is 5.32 Å². The van der Waals surface area contributed by atoms with Crippen LogP contribution in [-0.2, 0) is 9.53 Å². The first-order valence-electron chi connectivity index (χ1n) is 6.02. The second-order valence-corrected chi connectivity index (χ2v) is 5.82. The summed E-state index contributed by atoms with van der Waals surface area (Å²) in [6, 6.07) is 0.746. The summed E-state index contributed by atoms with van der Waals surface area (Å²) in [5.41, 5.74) is 0.239. The van der Waals surface area contributed by atoms with Gasteiger partial charge in [-0.1, -0.05) is 27.7 Å². The molecule has 0 bridgehead atoms. The van der Waals surface area contributed by atoms with E-state index in [0.717, 1.165) is 6.42 Å². The maximum absolute atomic E-state index is 11.3. The van der Waals surface area contributed by atoms with Crippen LogP contribution < -0.4 is 5.32 Å². The van der Waals surface area contributed by atoms with E-state index in [9.17, 15) is 4.79 Å². The number of carbonyl (C=O) groups is 1. The first kappa shape index (κ1) is 15.4. The Bertz CT molecular complexity index is 220. The van der Waals surface area contributed by atoms with E-state index in [2.05, 4.69) is 39.9 Å². The van der Waals surface area contributed by atoms with Gasteiger partial charge in [-0.15, -0.1) is 0 Å². The van der Waals surface area contributed by atoms with Gasteiger partial charge in [0.1, 0.15) is 0 Å². The fraction of sp³-hybridized carbons (Fsp3) is 0.923. The van der Waals surface area contributed by atoms with Crippen LogP contribution in [0.15, 0.2) is 0 Å². The number of methoxy groups -OCH3 is 1. The van der Waals surface area contributed by atoms with Gasteiger partial charge in [0.2, 0.25) is 0 Å². The Morgan fingerprint density at radius 1 is 1.25 bits per heavy atom. The molecule has 0 aliphatic rings. The molecular weight excluding hydrogens is 202 g/mol. The number of ether oxygens (including phenoxy) is 1. The third-order valence-corrected chi connectivity index (χ3v) is 3.14. The van der Waals surface area contributed by atoms with Crippen LogP contribution in [0.1, 0.15) is 48.0 Å². The zero-order valence-electron chi connectivity index (χ0n) is 11.8. The molecule has 1 N–H and O–H groups in total. The number of esters is 1. The fourth-order valence-corrected chi connectivity index (χ4v) is 1.57. The third kappa shape index (κ3) is 5.50. The van der Waals surface area contributed by atoms with E-state index in [0.29, 0.717) is 12.1 Å². The summed E-state index contributed by atoms with van der Waals surface area (Å²) < 4.78 is 4.72. The molecule has 0 spiro atoms. The number of nitrogens with one attached hydrogen (secondary N) is 1. The van der Waals surface area contributed by atoms with Crippen molar-refractivity contribution < 1.29 is 9.53 Å². The molecule has 0 amide bonds. The van der Waals surface area contributed by atoms with Crippen LogP contribution in [0.25, 0.3) is 0 Å². The molecule has 0 saturated heterocycles. The van der Waals surface area contributed by atoms with Crippen LogP contribution in [0.5, 0.6) is 0 Å². The summed E-state index contributed by atoms with van der Waals surface area (Å²) >= 11 is 0. The van der Waals surface area contributed by atoms with Crippen LogP contribution >= 0.6 is 0 Å². The largest absolute Gasteiger partial charge is 0.469 e. The second kappa shape index (κ2) is 6.24. The first-order chi connectivity index (χ1) is 7.18. The summed E-state index contributed by atoms with van der Waals surface area (Å²) in [6.45, 7) is 12.8. The molecule has 0 aromatic rings. The monoisotopic (exact) mass is 229 g/mol. The molecule has 0 aromatic heterocycles. The first-order valence-corrected chi connectivity index (χ1v) is 6.02. The maximum atomic E-state index is 11.3. The minimum Gasteiger partial charge on any atom is -0.469 e. The van der Waals surface area contributed by atoms with Crippen molar-refractivity contribution in [3.8, 4) is 0 Å². The molecule has 3 heteroatoms. The number of carbonyl (C=O) groups excluding carboxylic acids is 1. The van der Waals surface area contributed by atoms with Crippen molar-refractivity contribution in [3.05, 3.63) is 0 Å². The van der Waals surface area contributed by atoms with E-state index >= 15 is 0 Å². The summed E-state index contributed by atoms with van der Waals surface area (Å²) in [5.74, 6) is -0.170. The lowest BCUT2D eigenvalue weighted by atomic mass is 9.87. The summed E-state index contributed by atoms with van der Waals surface area (Å²) in [7, 11) is 1.44. The molecule has 0 heterocycles. The molecule has 0 aromatic carbocycles. The van der Waals surface area contributed by atoms with Crippen LogP contribution in [0.3, 0.4) is 0 Å². The van der Waals surface area contributed by atoms with E-state index < -0.39 is 0 Å². The zero-order valence-corrected chi connectivity index (χ0v) is 11.8. The summed E-state index contributed by atoms with van der Waals surface area (Å²) in [6.07, 6.45) is 0.813. The van der Waals surface area contributed by atoms with Gasteiger partial charge < -0.3 is 10.1 Å². The van der Waals surface area contributed by atoms with Crippen molar-refractivity contribution in [2.24, 2.45) is 11.3 Å². The molecule has 3 atom stereocenters. The van der Waals surface area contributed by atoms with Crippen molar-refractivity contribution in [3.63, 3.8) is 0 Å². The van der Waals surface area contributed by atoms with Crippen LogP contribution in [0.2, 0.25) is 0 Å². The Morgan fingerprint density at radius 2 is 1.75 bits per heavy atom. The SMILES string of the molecule is COC(=O)C(C)CC(C)NC(C)C(C)(C)C. The molecule has 0 fully saturated rings. The topological polar surface area (TPSA) is 38.3 Å². The molecule has 0 radical (unpaired) electrons. The van der Waals surface area contributed by atoms with Crippen LogP contribution in [0, 0.1) is 11.3 Å². The smallest absolute Gasteiger partial charge is 0.308 e. The standard InChI is InChI=1S/C13H27NO2/c1-9(12(15)16-7)8-10(2)14-11(3)13(4,5)6/h9-11,14H,8H2,1-7H3. The van der Waals surface area contributed by atoms with E-state index in [4.69, 9.17) is 4.74 Å². The van der Waals surface area contributed by atoms with E-state index in [1.54, 1.807) is 0 Å². The van der Waals surface area contributed by atoms with E-state index in [1.807, 2.05) is 6.92 Å². The Hall–Kier alpha value is -0.570. The lowest BCUT2D eigenvalue weighted by Gasteiger charge is -2.31. The molecule has 0 rings (SSSR count). The van der Waals surface area contributed by atoms with Gasteiger partial charge in [0.25, 0.3) is 0 Å². The van der Waals surface area contributed by atoms with Gasteiger partial charge in [0, 0.05) is 12.1 Å². The van der Waals surface area contributed by atoms with Crippen molar-refractivity contribution in [1.29, 1.82) is 0 Å². The number of hydrogen-bond donors (Lipinski definition) is 1. The molecule has 16 heavy (non-hydrogen) atoms. The molecule has 0 aliphatic heterocycles. The molecule has 96 valence electrons. The van der Waals surface area contributed by atoms with Crippen molar-refractivity contribution >= 4 is 5.97 Å². The lowest BCUT2D eigenvalue weighted by molar-refractivity contribution is -0.145. The molecule has 0 aliphatic carbocycles. The minimum atomic E-state index is -0.128.